The normalized spacial score (nSPS) is 21.6. The predicted octanol–water partition coefficient (Wildman–Crippen LogP) is 4.60. The molecule has 2 aliphatic heterocycles. The van der Waals surface area contributed by atoms with Crippen LogP contribution in [0, 0.1) is 0 Å². The molecule has 2 atom stereocenters. The van der Waals surface area contributed by atoms with Crippen LogP contribution in [0.2, 0.25) is 0 Å². The summed E-state index contributed by atoms with van der Waals surface area (Å²) in [5, 5.41) is 11.4. The standard InChI is InChI=1S/C31H31N9O2/c1-42-31-36-28(37-38-31)30(41)39-21-10-11-22(39)14-20(13-21)26-25(18-7-8-18)27(32)40-29(35-26)23(16-34-40)19-9-12-24(33-15-19)17-5-3-2-4-6-17/h2-6,9,12,15-16,18,20-22H,7-8,10-11,13-14,32H2,1H3,(H,36,37,38)/t21-,22-/m1/s1. The van der Waals surface area contributed by atoms with Gasteiger partial charge in [0.25, 0.3) is 5.91 Å². The average Bonchev–Trinajstić information content (AvgIpc) is 3.47. The van der Waals surface area contributed by atoms with Crippen molar-refractivity contribution in [2.45, 2.75) is 62.4 Å². The lowest BCUT2D eigenvalue weighted by Gasteiger charge is -2.39. The van der Waals surface area contributed by atoms with Crippen LogP contribution in [0.3, 0.4) is 0 Å². The number of hydrogen-bond donors (Lipinski definition) is 2. The van der Waals surface area contributed by atoms with E-state index in [9.17, 15) is 4.79 Å². The van der Waals surface area contributed by atoms with Gasteiger partial charge in [0, 0.05) is 46.5 Å². The zero-order chi connectivity index (χ0) is 28.4. The van der Waals surface area contributed by atoms with E-state index < -0.39 is 0 Å². The first kappa shape index (κ1) is 25.0. The summed E-state index contributed by atoms with van der Waals surface area (Å²) in [7, 11) is 1.49. The molecule has 2 bridgehead atoms. The number of nitrogens with zero attached hydrogens (tertiary/aromatic N) is 7. The summed E-state index contributed by atoms with van der Waals surface area (Å²) in [6.45, 7) is 0. The molecule has 1 amide bonds. The Morgan fingerprint density at radius 2 is 1.74 bits per heavy atom. The second-order valence-electron chi connectivity index (χ2n) is 11.6. The Morgan fingerprint density at radius 1 is 0.952 bits per heavy atom. The number of piperidine rings is 1. The number of anilines is 1. The van der Waals surface area contributed by atoms with Crippen LogP contribution in [0.25, 0.3) is 28.0 Å². The summed E-state index contributed by atoms with van der Waals surface area (Å²) in [6, 6.07) is 14.6. The summed E-state index contributed by atoms with van der Waals surface area (Å²) >= 11 is 0. The lowest BCUT2D eigenvalue weighted by Crippen LogP contribution is -2.46. The minimum atomic E-state index is -0.119. The van der Waals surface area contributed by atoms with Gasteiger partial charge in [-0.3, -0.25) is 14.9 Å². The minimum Gasteiger partial charge on any atom is -0.466 e. The minimum absolute atomic E-state index is 0.114. The fourth-order valence-electron chi connectivity index (χ4n) is 6.97. The molecule has 2 saturated heterocycles. The van der Waals surface area contributed by atoms with E-state index >= 15 is 0 Å². The molecule has 42 heavy (non-hydrogen) atoms. The fraction of sp³-hybridized carbons (Fsp3) is 0.355. The molecule has 5 aromatic rings. The Hall–Kier alpha value is -4.80. The van der Waals surface area contributed by atoms with Gasteiger partial charge in [0.15, 0.2) is 5.65 Å². The second kappa shape index (κ2) is 9.64. The topological polar surface area (TPSA) is 140 Å². The van der Waals surface area contributed by atoms with Crippen molar-refractivity contribution in [3.63, 3.8) is 0 Å². The molecular formula is C31H31N9O2. The Labute approximate surface area is 242 Å². The quantitative estimate of drug-likeness (QED) is 0.307. The zero-order valence-electron chi connectivity index (χ0n) is 23.3. The maximum atomic E-state index is 13.4. The number of fused-ring (bicyclic) bond motifs is 3. The third-order valence-corrected chi connectivity index (χ3v) is 9.08. The van der Waals surface area contributed by atoms with Crippen molar-refractivity contribution in [1.29, 1.82) is 0 Å². The molecule has 0 unspecified atom stereocenters. The SMILES string of the molecule is COc1n[nH]c(C(=O)N2[C@@H]3CC[C@@H]2CC(c2nc4c(-c5ccc(-c6ccccc6)nc5)cnn4c(N)c2C2CC2)C3)n1. The van der Waals surface area contributed by atoms with Gasteiger partial charge in [0.2, 0.25) is 5.82 Å². The van der Waals surface area contributed by atoms with Crippen LogP contribution in [0.15, 0.2) is 54.9 Å². The number of carbonyl (C=O) groups is 1. The molecule has 4 aromatic heterocycles. The molecule has 8 rings (SSSR count). The molecule has 11 nitrogen and oxygen atoms in total. The summed E-state index contributed by atoms with van der Waals surface area (Å²) < 4.78 is 6.86. The average molecular weight is 562 g/mol. The monoisotopic (exact) mass is 561 g/mol. The number of rotatable bonds is 6. The van der Waals surface area contributed by atoms with Crippen LogP contribution >= 0.6 is 0 Å². The van der Waals surface area contributed by atoms with Gasteiger partial charge in [-0.15, -0.1) is 5.10 Å². The van der Waals surface area contributed by atoms with Crippen molar-refractivity contribution in [3.05, 3.63) is 71.9 Å². The maximum Gasteiger partial charge on any atom is 0.335 e. The highest BCUT2D eigenvalue weighted by atomic mass is 16.5. The summed E-state index contributed by atoms with van der Waals surface area (Å²) in [4.78, 5) is 29.7. The van der Waals surface area contributed by atoms with E-state index in [1.54, 1.807) is 4.52 Å². The first-order valence-corrected chi connectivity index (χ1v) is 14.6. The van der Waals surface area contributed by atoms with Gasteiger partial charge in [-0.25, -0.2) is 4.98 Å². The third kappa shape index (κ3) is 4.02. The fourth-order valence-corrected chi connectivity index (χ4v) is 6.97. The molecule has 3 fully saturated rings. The van der Waals surface area contributed by atoms with E-state index in [0.717, 1.165) is 77.8 Å². The molecule has 3 aliphatic rings. The first-order valence-electron chi connectivity index (χ1n) is 14.6. The number of benzene rings is 1. The molecule has 6 heterocycles. The van der Waals surface area contributed by atoms with E-state index in [1.807, 2.05) is 41.6 Å². The second-order valence-corrected chi connectivity index (χ2v) is 11.6. The van der Waals surface area contributed by atoms with E-state index in [0.29, 0.717) is 11.7 Å². The van der Waals surface area contributed by atoms with Gasteiger partial charge in [-0.1, -0.05) is 36.4 Å². The number of pyridine rings is 1. The number of nitrogens with one attached hydrogen (secondary N) is 1. The van der Waals surface area contributed by atoms with Gasteiger partial charge >= 0.3 is 6.01 Å². The predicted molar refractivity (Wildman–Crippen MR) is 156 cm³/mol. The smallest absolute Gasteiger partial charge is 0.335 e. The summed E-state index contributed by atoms with van der Waals surface area (Å²) in [5.74, 6) is 1.40. The number of amides is 1. The van der Waals surface area contributed by atoms with Crippen molar-refractivity contribution >= 4 is 17.4 Å². The van der Waals surface area contributed by atoms with Crippen molar-refractivity contribution < 1.29 is 9.53 Å². The molecule has 1 saturated carbocycles. The van der Waals surface area contributed by atoms with E-state index in [2.05, 4.69) is 38.5 Å². The molecular weight excluding hydrogens is 530 g/mol. The number of aromatic amines is 1. The van der Waals surface area contributed by atoms with Gasteiger partial charge in [0.1, 0.15) is 5.82 Å². The van der Waals surface area contributed by atoms with Crippen LogP contribution in [0.1, 0.15) is 72.2 Å². The largest absolute Gasteiger partial charge is 0.466 e. The molecule has 0 spiro atoms. The van der Waals surface area contributed by atoms with Crippen LogP contribution in [0.4, 0.5) is 5.82 Å². The lowest BCUT2D eigenvalue weighted by atomic mass is 9.85. The van der Waals surface area contributed by atoms with Crippen molar-refractivity contribution in [3.8, 4) is 28.4 Å². The Kier molecular flexibility index (Phi) is 5.73. The molecule has 0 radical (unpaired) electrons. The highest BCUT2D eigenvalue weighted by molar-refractivity contribution is 5.91. The molecule has 1 aromatic carbocycles. The zero-order valence-corrected chi connectivity index (χ0v) is 23.3. The summed E-state index contributed by atoms with van der Waals surface area (Å²) in [5.41, 5.74) is 13.7. The first-order chi connectivity index (χ1) is 20.6. The van der Waals surface area contributed by atoms with Gasteiger partial charge in [-0.05, 0) is 50.5 Å². The van der Waals surface area contributed by atoms with Gasteiger partial charge in [0.05, 0.1) is 24.7 Å². The Morgan fingerprint density at radius 3 is 2.40 bits per heavy atom. The number of aromatic nitrogens is 7. The lowest BCUT2D eigenvalue weighted by molar-refractivity contribution is 0.0556. The molecule has 3 N–H and O–H groups in total. The highest BCUT2D eigenvalue weighted by Crippen LogP contribution is 2.50. The number of hydrogen-bond acceptors (Lipinski definition) is 8. The van der Waals surface area contributed by atoms with Crippen molar-refractivity contribution in [1.82, 2.24) is 39.7 Å². The van der Waals surface area contributed by atoms with Gasteiger partial charge in [-0.2, -0.15) is 14.6 Å². The van der Waals surface area contributed by atoms with E-state index in [1.165, 1.54) is 7.11 Å². The number of carbonyl (C=O) groups excluding carboxylic acids is 1. The van der Waals surface area contributed by atoms with E-state index in [4.69, 9.17) is 20.4 Å². The number of H-pyrrole nitrogens is 1. The van der Waals surface area contributed by atoms with Crippen molar-refractivity contribution in [2.24, 2.45) is 0 Å². The number of nitrogens with two attached hydrogens (primary N) is 1. The number of nitrogen functional groups attached to an aromatic ring is 1. The van der Waals surface area contributed by atoms with Gasteiger partial charge < -0.3 is 15.4 Å². The van der Waals surface area contributed by atoms with Crippen LogP contribution in [-0.4, -0.2) is 64.8 Å². The number of ether oxygens (including phenoxy) is 1. The van der Waals surface area contributed by atoms with Crippen LogP contribution < -0.4 is 10.5 Å². The molecule has 212 valence electrons. The third-order valence-electron chi connectivity index (χ3n) is 9.08. The van der Waals surface area contributed by atoms with Crippen LogP contribution in [0.5, 0.6) is 6.01 Å². The van der Waals surface area contributed by atoms with E-state index in [-0.39, 0.29) is 35.7 Å². The number of methoxy groups -OCH3 is 1. The molecule has 11 heteroatoms. The summed E-state index contributed by atoms with van der Waals surface area (Å²) in [6.07, 6.45) is 9.56. The Bertz CT molecular complexity index is 1780. The maximum absolute atomic E-state index is 13.4. The van der Waals surface area contributed by atoms with Crippen molar-refractivity contribution in [2.75, 3.05) is 12.8 Å². The highest BCUT2D eigenvalue weighted by Gasteiger charge is 2.46. The molecule has 1 aliphatic carbocycles. The van der Waals surface area contributed by atoms with Crippen LogP contribution in [-0.2, 0) is 0 Å². The Balaban J connectivity index is 1.14.